The second kappa shape index (κ2) is 6.71. The predicted molar refractivity (Wildman–Crippen MR) is 71.1 cm³/mol. The molecule has 17 heavy (non-hydrogen) atoms. The van der Waals surface area contributed by atoms with Gasteiger partial charge in [0.15, 0.2) is 0 Å². The summed E-state index contributed by atoms with van der Waals surface area (Å²) in [6.45, 7) is 9.22. The summed E-state index contributed by atoms with van der Waals surface area (Å²) in [5.74, 6) is 0.525. The number of aryl methyl sites for hydroxylation is 1. The van der Waals surface area contributed by atoms with Crippen LogP contribution in [0.2, 0.25) is 0 Å². The van der Waals surface area contributed by atoms with Crippen LogP contribution in [0, 0.1) is 12.8 Å². The minimum Gasteiger partial charge on any atom is -0.355 e. The quantitative estimate of drug-likeness (QED) is 0.816. The molecule has 0 radical (unpaired) electrons. The van der Waals surface area contributed by atoms with Gasteiger partial charge in [-0.25, -0.2) is 4.98 Å². The van der Waals surface area contributed by atoms with Crippen molar-refractivity contribution in [1.29, 1.82) is 0 Å². The third-order valence-electron chi connectivity index (χ3n) is 2.28. The third kappa shape index (κ3) is 5.28. The zero-order valence-corrected chi connectivity index (χ0v) is 11.7. The molecule has 1 amide bonds. The zero-order chi connectivity index (χ0) is 12.8. The highest BCUT2D eigenvalue weighted by molar-refractivity contribution is 7.09. The highest BCUT2D eigenvalue weighted by atomic mass is 32.1. The first-order valence-electron chi connectivity index (χ1n) is 5.91. The summed E-state index contributed by atoms with van der Waals surface area (Å²) < 4.78 is 0. The van der Waals surface area contributed by atoms with Gasteiger partial charge >= 0.3 is 0 Å². The van der Waals surface area contributed by atoms with Crippen molar-refractivity contribution in [1.82, 2.24) is 15.6 Å². The van der Waals surface area contributed by atoms with Gasteiger partial charge in [0, 0.05) is 17.6 Å². The molecule has 1 aromatic rings. The van der Waals surface area contributed by atoms with Gasteiger partial charge in [0.25, 0.3) is 0 Å². The Kier molecular flexibility index (Phi) is 5.58. The van der Waals surface area contributed by atoms with Crippen molar-refractivity contribution >= 4 is 17.2 Å². The van der Waals surface area contributed by atoms with Crippen molar-refractivity contribution in [2.45, 2.75) is 33.7 Å². The molecule has 0 aliphatic carbocycles. The molecular weight excluding hydrogens is 234 g/mol. The van der Waals surface area contributed by atoms with E-state index in [1.165, 1.54) is 0 Å². The van der Waals surface area contributed by atoms with Crippen LogP contribution in [0.5, 0.6) is 0 Å². The molecule has 4 nitrogen and oxygen atoms in total. The lowest BCUT2D eigenvalue weighted by molar-refractivity contribution is -0.120. The summed E-state index contributed by atoms with van der Waals surface area (Å²) in [6.07, 6.45) is 0. The maximum absolute atomic E-state index is 11.5. The number of amides is 1. The molecule has 0 aliphatic rings. The van der Waals surface area contributed by atoms with E-state index in [2.05, 4.69) is 29.5 Å². The molecule has 1 atom stereocenters. The van der Waals surface area contributed by atoms with Crippen LogP contribution in [0.1, 0.15) is 37.5 Å². The summed E-state index contributed by atoms with van der Waals surface area (Å²) in [7, 11) is 0. The number of carbonyl (C=O) groups excluding carboxylic acids is 1. The highest BCUT2D eigenvalue weighted by Gasteiger charge is 2.10. The Bertz CT molecular complexity index is 362. The summed E-state index contributed by atoms with van der Waals surface area (Å²) in [5.41, 5.74) is 1.03. The van der Waals surface area contributed by atoms with Crippen LogP contribution in [0.4, 0.5) is 0 Å². The lowest BCUT2D eigenvalue weighted by atomic mass is 10.2. The van der Waals surface area contributed by atoms with Gasteiger partial charge in [-0.3, -0.25) is 10.1 Å². The third-order valence-corrected chi connectivity index (χ3v) is 3.43. The Hall–Kier alpha value is -0.940. The fourth-order valence-corrected chi connectivity index (χ4v) is 2.11. The zero-order valence-electron chi connectivity index (χ0n) is 10.9. The molecule has 96 valence electrons. The summed E-state index contributed by atoms with van der Waals surface area (Å²) >= 11 is 1.62. The van der Waals surface area contributed by atoms with Gasteiger partial charge in [0.1, 0.15) is 5.01 Å². The molecular formula is C12H21N3OS. The largest absolute Gasteiger partial charge is 0.355 e. The van der Waals surface area contributed by atoms with Crippen LogP contribution in [-0.4, -0.2) is 24.0 Å². The van der Waals surface area contributed by atoms with Crippen LogP contribution < -0.4 is 10.6 Å². The molecule has 0 fully saturated rings. The maximum atomic E-state index is 11.5. The van der Waals surface area contributed by atoms with Gasteiger partial charge in [-0.05, 0) is 19.8 Å². The highest BCUT2D eigenvalue weighted by Crippen LogP contribution is 2.16. The number of hydrogen-bond donors (Lipinski definition) is 2. The number of nitrogens with one attached hydrogen (secondary N) is 2. The second-order valence-electron chi connectivity index (χ2n) is 4.63. The van der Waals surface area contributed by atoms with E-state index >= 15 is 0 Å². The van der Waals surface area contributed by atoms with E-state index in [9.17, 15) is 4.79 Å². The van der Waals surface area contributed by atoms with Crippen molar-refractivity contribution in [3.63, 3.8) is 0 Å². The number of hydrogen-bond acceptors (Lipinski definition) is 4. The lowest BCUT2D eigenvalue weighted by Gasteiger charge is -2.12. The number of aromatic nitrogens is 1. The van der Waals surface area contributed by atoms with E-state index in [4.69, 9.17) is 0 Å². The van der Waals surface area contributed by atoms with E-state index in [1.807, 2.05) is 19.2 Å². The van der Waals surface area contributed by atoms with E-state index in [0.717, 1.165) is 17.2 Å². The Morgan fingerprint density at radius 2 is 2.18 bits per heavy atom. The summed E-state index contributed by atoms with van der Waals surface area (Å²) in [4.78, 5) is 15.9. The molecule has 0 aromatic carbocycles. The fourth-order valence-electron chi connectivity index (χ4n) is 1.28. The Labute approximate surface area is 107 Å². The molecule has 0 saturated heterocycles. The van der Waals surface area contributed by atoms with Crippen LogP contribution in [0.25, 0.3) is 0 Å². The first-order chi connectivity index (χ1) is 7.99. The first-order valence-corrected chi connectivity index (χ1v) is 6.79. The van der Waals surface area contributed by atoms with Gasteiger partial charge in [-0.15, -0.1) is 11.3 Å². The molecule has 1 heterocycles. The van der Waals surface area contributed by atoms with E-state index in [1.54, 1.807) is 11.3 Å². The maximum Gasteiger partial charge on any atom is 0.233 e. The van der Waals surface area contributed by atoms with Gasteiger partial charge in [0.2, 0.25) is 5.91 Å². The van der Waals surface area contributed by atoms with Crippen molar-refractivity contribution < 1.29 is 4.79 Å². The van der Waals surface area contributed by atoms with Crippen LogP contribution in [0.15, 0.2) is 5.38 Å². The van der Waals surface area contributed by atoms with E-state index in [-0.39, 0.29) is 11.9 Å². The summed E-state index contributed by atoms with van der Waals surface area (Å²) in [6, 6.07) is 0.124. The average molecular weight is 255 g/mol. The Morgan fingerprint density at radius 1 is 1.47 bits per heavy atom. The average Bonchev–Trinajstić information content (AvgIpc) is 2.70. The monoisotopic (exact) mass is 255 g/mol. The Balaban J connectivity index is 2.28. The molecule has 1 rings (SSSR count). The standard InChI is InChI=1S/C12H21N3OS/c1-8(2)5-14-11(16)6-13-10(4)12-15-9(3)7-17-12/h7-8,10,13H,5-6H2,1-4H3,(H,14,16). The fraction of sp³-hybridized carbons (Fsp3) is 0.667. The molecule has 1 unspecified atom stereocenters. The van der Waals surface area contributed by atoms with Crippen LogP contribution in [-0.2, 0) is 4.79 Å². The molecule has 2 N–H and O–H groups in total. The van der Waals surface area contributed by atoms with Gasteiger partial charge in [-0.1, -0.05) is 13.8 Å². The van der Waals surface area contributed by atoms with E-state index in [0.29, 0.717) is 12.5 Å². The van der Waals surface area contributed by atoms with Crippen molar-refractivity contribution in [3.05, 3.63) is 16.1 Å². The normalized spacial score (nSPS) is 12.8. The Morgan fingerprint density at radius 3 is 2.71 bits per heavy atom. The summed E-state index contributed by atoms with van der Waals surface area (Å²) in [5, 5.41) is 9.09. The van der Waals surface area contributed by atoms with Crippen molar-refractivity contribution in [3.8, 4) is 0 Å². The number of carbonyl (C=O) groups is 1. The van der Waals surface area contributed by atoms with Crippen molar-refractivity contribution in [2.75, 3.05) is 13.1 Å². The van der Waals surface area contributed by atoms with Crippen molar-refractivity contribution in [2.24, 2.45) is 5.92 Å². The minimum absolute atomic E-state index is 0.0406. The molecule has 5 heteroatoms. The van der Waals surface area contributed by atoms with Gasteiger partial charge in [0.05, 0.1) is 12.6 Å². The lowest BCUT2D eigenvalue weighted by Crippen LogP contribution is -2.36. The minimum atomic E-state index is 0.0406. The smallest absolute Gasteiger partial charge is 0.233 e. The second-order valence-corrected chi connectivity index (χ2v) is 5.52. The molecule has 0 aliphatic heterocycles. The van der Waals surface area contributed by atoms with Crippen LogP contribution in [0.3, 0.4) is 0 Å². The van der Waals surface area contributed by atoms with E-state index < -0.39 is 0 Å². The molecule has 1 aromatic heterocycles. The van der Waals surface area contributed by atoms with Crippen LogP contribution >= 0.6 is 11.3 Å². The SMILES string of the molecule is Cc1csc(C(C)NCC(=O)NCC(C)C)n1. The first kappa shape index (κ1) is 14.1. The molecule has 0 saturated carbocycles. The number of nitrogens with zero attached hydrogens (tertiary/aromatic N) is 1. The predicted octanol–water partition coefficient (Wildman–Crippen LogP) is 1.87. The number of thiazole rings is 1. The number of rotatable bonds is 6. The topological polar surface area (TPSA) is 54.0 Å². The molecule has 0 bridgehead atoms. The van der Waals surface area contributed by atoms with Gasteiger partial charge < -0.3 is 5.32 Å². The molecule has 0 spiro atoms. The van der Waals surface area contributed by atoms with Gasteiger partial charge in [-0.2, -0.15) is 0 Å².